The van der Waals surface area contributed by atoms with Crippen molar-refractivity contribution >= 4 is 16.9 Å². The molecule has 0 aliphatic carbocycles. The number of aromatic hydroxyl groups is 2. The van der Waals surface area contributed by atoms with Gasteiger partial charge >= 0.3 is 5.97 Å². The van der Waals surface area contributed by atoms with Gasteiger partial charge in [-0.25, -0.2) is 0 Å². The van der Waals surface area contributed by atoms with Crippen LogP contribution in [0.1, 0.15) is 11.1 Å². The third-order valence-corrected chi connectivity index (χ3v) is 3.55. The molecule has 0 saturated heterocycles. The summed E-state index contributed by atoms with van der Waals surface area (Å²) in [4.78, 5) is 11.0. The van der Waals surface area contributed by atoms with Gasteiger partial charge in [0.25, 0.3) is 0 Å². The maximum Gasteiger partial charge on any atom is 0.307 e. The average molecular weight is 297 g/mol. The molecule has 0 aliphatic heterocycles. The Hall–Kier alpha value is -2.95. The second-order valence-corrected chi connectivity index (χ2v) is 5.22. The molecule has 0 spiro atoms. The van der Waals surface area contributed by atoms with Crippen LogP contribution in [0.2, 0.25) is 0 Å². The number of phenols is 2. The highest BCUT2D eigenvalue weighted by molar-refractivity contribution is 5.88. The van der Waals surface area contributed by atoms with Crippen LogP contribution in [-0.4, -0.2) is 25.9 Å². The zero-order valence-electron chi connectivity index (χ0n) is 11.7. The first-order chi connectivity index (χ1) is 10.5. The van der Waals surface area contributed by atoms with Gasteiger partial charge in [-0.05, 0) is 41.5 Å². The van der Waals surface area contributed by atoms with Gasteiger partial charge in [0.1, 0.15) is 11.5 Å². The zero-order chi connectivity index (χ0) is 15.7. The third kappa shape index (κ3) is 2.74. The number of carboxylic acid groups (broad SMARTS) is 1. The molecule has 3 N–H and O–H groups in total. The van der Waals surface area contributed by atoms with Crippen molar-refractivity contribution in [2.45, 2.75) is 13.0 Å². The molecule has 112 valence electrons. The number of nitrogens with zero attached hydrogens (tertiary/aromatic N) is 1. The Morgan fingerprint density at radius 2 is 1.82 bits per heavy atom. The molecule has 0 atom stereocenters. The van der Waals surface area contributed by atoms with E-state index in [1.807, 2.05) is 10.6 Å². The minimum absolute atomic E-state index is 0.104. The lowest BCUT2D eigenvalue weighted by Crippen LogP contribution is -2.00. The smallest absolute Gasteiger partial charge is 0.307 e. The summed E-state index contributed by atoms with van der Waals surface area (Å²) >= 11 is 0. The molecule has 2 aromatic carbocycles. The number of aromatic nitrogens is 1. The molecule has 1 aromatic heterocycles. The highest BCUT2D eigenvalue weighted by Gasteiger charge is 2.12. The van der Waals surface area contributed by atoms with E-state index in [0.717, 1.165) is 16.5 Å². The minimum atomic E-state index is -0.917. The van der Waals surface area contributed by atoms with E-state index >= 15 is 0 Å². The second-order valence-electron chi connectivity index (χ2n) is 5.22. The van der Waals surface area contributed by atoms with E-state index in [4.69, 9.17) is 5.11 Å². The van der Waals surface area contributed by atoms with Gasteiger partial charge in [-0.2, -0.15) is 0 Å². The Bertz CT molecular complexity index is 851. The fourth-order valence-corrected chi connectivity index (χ4v) is 2.65. The summed E-state index contributed by atoms with van der Waals surface area (Å²) in [6, 6.07) is 11.8. The van der Waals surface area contributed by atoms with Gasteiger partial charge in [0, 0.05) is 23.6 Å². The standard InChI is InChI=1S/C17H15NO4/c19-13-3-1-2-11(6-13)9-18-10-12(7-17(21)22)15-8-14(20)4-5-16(15)18/h1-6,8,10,19-20H,7,9H2,(H,21,22). The molecule has 5 nitrogen and oxygen atoms in total. The van der Waals surface area contributed by atoms with Crippen molar-refractivity contribution in [2.24, 2.45) is 0 Å². The number of aliphatic carboxylic acids is 1. The summed E-state index contributed by atoms with van der Waals surface area (Å²) in [5, 5.41) is 28.9. The van der Waals surface area contributed by atoms with Gasteiger partial charge < -0.3 is 19.9 Å². The quantitative estimate of drug-likeness (QED) is 0.691. The normalized spacial score (nSPS) is 10.9. The van der Waals surface area contributed by atoms with Gasteiger partial charge in [-0.15, -0.1) is 0 Å². The molecule has 1 heterocycles. The van der Waals surface area contributed by atoms with Gasteiger partial charge in [0.2, 0.25) is 0 Å². The first-order valence-corrected chi connectivity index (χ1v) is 6.83. The first-order valence-electron chi connectivity index (χ1n) is 6.83. The van der Waals surface area contributed by atoms with Crippen LogP contribution in [0.25, 0.3) is 10.9 Å². The molecule has 0 amide bonds. The maximum absolute atomic E-state index is 11.0. The predicted octanol–water partition coefficient (Wildman–Crippen LogP) is 2.73. The van der Waals surface area contributed by atoms with Gasteiger partial charge in [-0.3, -0.25) is 4.79 Å². The molecule has 0 aliphatic rings. The molecule has 0 bridgehead atoms. The van der Waals surface area contributed by atoms with Gasteiger partial charge in [0.15, 0.2) is 0 Å². The Kier molecular flexibility index (Phi) is 3.47. The second kappa shape index (κ2) is 5.44. The minimum Gasteiger partial charge on any atom is -0.508 e. The topological polar surface area (TPSA) is 82.7 Å². The number of fused-ring (bicyclic) bond motifs is 1. The summed E-state index contributed by atoms with van der Waals surface area (Å²) in [5.74, 6) is -0.619. The largest absolute Gasteiger partial charge is 0.508 e. The van der Waals surface area contributed by atoms with Crippen molar-refractivity contribution in [2.75, 3.05) is 0 Å². The van der Waals surface area contributed by atoms with Crippen molar-refractivity contribution < 1.29 is 20.1 Å². The van der Waals surface area contributed by atoms with E-state index < -0.39 is 5.97 Å². The molecular weight excluding hydrogens is 282 g/mol. The van der Waals surface area contributed by atoms with E-state index in [-0.39, 0.29) is 17.9 Å². The van der Waals surface area contributed by atoms with Crippen LogP contribution >= 0.6 is 0 Å². The van der Waals surface area contributed by atoms with Crippen LogP contribution in [-0.2, 0) is 17.8 Å². The summed E-state index contributed by atoms with van der Waals surface area (Å²) in [6.45, 7) is 0.509. The van der Waals surface area contributed by atoms with Crippen LogP contribution in [0.15, 0.2) is 48.7 Å². The number of rotatable bonds is 4. The summed E-state index contributed by atoms with van der Waals surface area (Å²) in [7, 11) is 0. The van der Waals surface area contributed by atoms with Crippen molar-refractivity contribution in [1.82, 2.24) is 4.57 Å². The Morgan fingerprint density at radius 1 is 1.05 bits per heavy atom. The Balaban J connectivity index is 2.07. The number of carboxylic acids is 1. The average Bonchev–Trinajstić information content (AvgIpc) is 2.75. The molecule has 22 heavy (non-hydrogen) atoms. The van der Waals surface area contributed by atoms with E-state index in [0.29, 0.717) is 12.1 Å². The number of phenolic OH excluding ortho intramolecular Hbond substituents is 2. The number of carbonyl (C=O) groups is 1. The van der Waals surface area contributed by atoms with E-state index in [1.165, 1.54) is 0 Å². The first kappa shape index (κ1) is 14.0. The fraction of sp³-hybridized carbons (Fsp3) is 0.118. The van der Waals surface area contributed by atoms with Crippen molar-refractivity contribution in [3.63, 3.8) is 0 Å². The summed E-state index contributed by atoms with van der Waals surface area (Å²) in [6.07, 6.45) is 1.68. The fourth-order valence-electron chi connectivity index (χ4n) is 2.65. The monoisotopic (exact) mass is 297 g/mol. The maximum atomic E-state index is 11.0. The lowest BCUT2D eigenvalue weighted by atomic mass is 10.1. The highest BCUT2D eigenvalue weighted by Crippen LogP contribution is 2.27. The molecule has 0 radical (unpaired) electrons. The summed E-state index contributed by atoms with van der Waals surface area (Å²) < 4.78 is 1.92. The van der Waals surface area contributed by atoms with E-state index in [9.17, 15) is 15.0 Å². The lowest BCUT2D eigenvalue weighted by molar-refractivity contribution is -0.136. The number of hydrogen-bond acceptors (Lipinski definition) is 3. The van der Waals surface area contributed by atoms with Crippen LogP contribution in [0.4, 0.5) is 0 Å². The molecule has 0 fully saturated rings. The Labute approximate surface area is 126 Å². The van der Waals surface area contributed by atoms with Crippen molar-refractivity contribution in [3.8, 4) is 11.5 Å². The molecule has 0 unspecified atom stereocenters. The molecular formula is C17H15NO4. The number of hydrogen-bond donors (Lipinski definition) is 3. The molecule has 0 saturated carbocycles. The lowest BCUT2D eigenvalue weighted by Gasteiger charge is -2.06. The molecule has 3 rings (SSSR count). The SMILES string of the molecule is O=C(O)Cc1cn(Cc2cccc(O)c2)c2ccc(O)cc12. The highest BCUT2D eigenvalue weighted by atomic mass is 16.4. The summed E-state index contributed by atoms with van der Waals surface area (Å²) in [5.41, 5.74) is 2.41. The van der Waals surface area contributed by atoms with Crippen LogP contribution in [0.3, 0.4) is 0 Å². The van der Waals surface area contributed by atoms with Crippen molar-refractivity contribution in [1.29, 1.82) is 0 Å². The molecule has 5 heteroatoms. The Morgan fingerprint density at radius 3 is 2.55 bits per heavy atom. The van der Waals surface area contributed by atoms with Gasteiger partial charge in [0.05, 0.1) is 6.42 Å². The van der Waals surface area contributed by atoms with E-state index in [1.54, 1.807) is 42.6 Å². The molecule has 3 aromatic rings. The van der Waals surface area contributed by atoms with Crippen LogP contribution in [0.5, 0.6) is 11.5 Å². The van der Waals surface area contributed by atoms with E-state index in [2.05, 4.69) is 0 Å². The van der Waals surface area contributed by atoms with Gasteiger partial charge in [-0.1, -0.05) is 12.1 Å². The van der Waals surface area contributed by atoms with Crippen LogP contribution in [0, 0.1) is 0 Å². The predicted molar refractivity (Wildman–Crippen MR) is 82.2 cm³/mol. The van der Waals surface area contributed by atoms with Crippen LogP contribution < -0.4 is 0 Å². The van der Waals surface area contributed by atoms with Crippen molar-refractivity contribution in [3.05, 3.63) is 59.8 Å². The zero-order valence-corrected chi connectivity index (χ0v) is 11.7. The number of benzene rings is 2. The third-order valence-electron chi connectivity index (χ3n) is 3.55.